The van der Waals surface area contributed by atoms with Gasteiger partial charge in [-0.05, 0) is 37.0 Å². The number of H-pyrrole nitrogens is 1. The van der Waals surface area contributed by atoms with E-state index in [1.54, 1.807) is 23.7 Å². The molecule has 3 aromatic heterocycles. The number of hydrogen-bond acceptors (Lipinski definition) is 6. The monoisotopic (exact) mass is 433 g/mol. The van der Waals surface area contributed by atoms with Gasteiger partial charge >= 0.3 is 0 Å². The van der Waals surface area contributed by atoms with Crippen molar-refractivity contribution in [3.63, 3.8) is 0 Å². The van der Waals surface area contributed by atoms with Gasteiger partial charge in [-0.15, -0.1) is 11.3 Å². The van der Waals surface area contributed by atoms with Crippen LogP contribution in [0, 0.1) is 5.92 Å². The van der Waals surface area contributed by atoms with E-state index in [0.717, 1.165) is 28.9 Å². The topological polar surface area (TPSA) is 92.8 Å². The summed E-state index contributed by atoms with van der Waals surface area (Å²) in [5, 5.41) is 12.0. The Bertz CT molecular complexity index is 1100. The van der Waals surface area contributed by atoms with Crippen LogP contribution in [0.2, 0.25) is 0 Å². The molecule has 1 aromatic carbocycles. The molecular weight excluding hydrogens is 410 g/mol. The number of carbonyl (C=O) groups excluding carboxylic acids is 1. The van der Waals surface area contributed by atoms with Crippen molar-refractivity contribution in [3.05, 3.63) is 77.0 Å². The van der Waals surface area contributed by atoms with Crippen molar-refractivity contribution in [2.24, 2.45) is 5.92 Å². The lowest BCUT2D eigenvalue weighted by molar-refractivity contribution is -0.120. The van der Waals surface area contributed by atoms with Crippen molar-refractivity contribution in [2.75, 3.05) is 12.4 Å². The Balaban J connectivity index is 1.55. The van der Waals surface area contributed by atoms with Crippen LogP contribution in [0.3, 0.4) is 0 Å². The lowest BCUT2D eigenvalue weighted by atomic mass is 9.93. The maximum atomic E-state index is 13.3. The summed E-state index contributed by atoms with van der Waals surface area (Å²) < 4.78 is 5.38. The highest BCUT2D eigenvalue weighted by molar-refractivity contribution is 7.07. The summed E-state index contributed by atoms with van der Waals surface area (Å²) >= 11 is 1.57. The van der Waals surface area contributed by atoms with E-state index in [0.29, 0.717) is 24.4 Å². The minimum Gasteiger partial charge on any atom is -0.480 e. The number of aromatic amines is 1. The number of anilines is 1. The number of ether oxygens (including phenoxy) is 1. The number of rotatable bonds is 9. The second-order valence-corrected chi connectivity index (χ2v) is 7.86. The number of nitrogens with zero attached hydrogens (tertiary/aromatic N) is 3. The largest absolute Gasteiger partial charge is 0.480 e. The van der Waals surface area contributed by atoms with Gasteiger partial charge in [0.25, 0.3) is 0 Å². The second-order valence-electron chi connectivity index (χ2n) is 7.15. The third-order valence-corrected chi connectivity index (χ3v) is 5.68. The Morgan fingerprint density at radius 1 is 1.23 bits per heavy atom. The first-order valence-electron chi connectivity index (χ1n) is 9.98. The van der Waals surface area contributed by atoms with Crippen molar-refractivity contribution in [3.8, 4) is 17.1 Å². The summed E-state index contributed by atoms with van der Waals surface area (Å²) in [6.45, 7) is 0. The molecule has 1 amide bonds. The van der Waals surface area contributed by atoms with Gasteiger partial charge in [-0.1, -0.05) is 30.3 Å². The number of benzene rings is 1. The van der Waals surface area contributed by atoms with E-state index >= 15 is 0 Å². The maximum Gasteiger partial charge on any atom is 0.237 e. The molecule has 7 nitrogen and oxygen atoms in total. The van der Waals surface area contributed by atoms with E-state index < -0.39 is 0 Å². The highest BCUT2D eigenvalue weighted by atomic mass is 32.1. The van der Waals surface area contributed by atoms with Crippen LogP contribution in [-0.2, 0) is 17.6 Å². The molecule has 0 saturated carbocycles. The van der Waals surface area contributed by atoms with Crippen LogP contribution in [0.25, 0.3) is 11.3 Å². The minimum absolute atomic E-state index is 0.0686. The first kappa shape index (κ1) is 20.7. The lowest BCUT2D eigenvalue weighted by Crippen LogP contribution is -2.25. The van der Waals surface area contributed by atoms with Gasteiger partial charge < -0.3 is 10.1 Å². The first-order chi connectivity index (χ1) is 15.2. The number of nitrogens with one attached hydrogen (secondary N) is 2. The average Bonchev–Trinajstić information content (AvgIpc) is 3.51. The molecule has 0 fully saturated rings. The van der Waals surface area contributed by atoms with Crippen molar-refractivity contribution in [1.82, 2.24) is 20.2 Å². The Morgan fingerprint density at radius 2 is 2.10 bits per heavy atom. The predicted octanol–water partition coefficient (Wildman–Crippen LogP) is 4.37. The number of aromatic nitrogens is 4. The predicted molar refractivity (Wildman–Crippen MR) is 121 cm³/mol. The summed E-state index contributed by atoms with van der Waals surface area (Å²) in [7, 11) is 1.54. The Labute approximate surface area is 184 Å². The summed E-state index contributed by atoms with van der Waals surface area (Å²) in [6.07, 6.45) is 5.45. The number of aryl methyl sites for hydroxylation is 1. The zero-order chi connectivity index (χ0) is 21.5. The highest BCUT2D eigenvalue weighted by Crippen LogP contribution is 2.28. The number of methoxy groups -OCH3 is 1. The molecule has 0 aliphatic rings. The average molecular weight is 434 g/mol. The molecule has 0 saturated heterocycles. The van der Waals surface area contributed by atoms with Gasteiger partial charge in [-0.25, -0.2) is 9.97 Å². The molecule has 0 spiro atoms. The molecule has 2 N–H and O–H groups in total. The van der Waals surface area contributed by atoms with Gasteiger partial charge in [0.2, 0.25) is 11.8 Å². The molecule has 4 aromatic rings. The van der Waals surface area contributed by atoms with Crippen molar-refractivity contribution in [1.29, 1.82) is 0 Å². The van der Waals surface area contributed by atoms with E-state index in [-0.39, 0.29) is 11.8 Å². The molecule has 0 bridgehead atoms. The highest BCUT2D eigenvalue weighted by Gasteiger charge is 2.21. The fourth-order valence-corrected chi connectivity index (χ4v) is 4.00. The van der Waals surface area contributed by atoms with Gasteiger partial charge in [0.05, 0.1) is 24.0 Å². The molecule has 0 radical (unpaired) electrons. The van der Waals surface area contributed by atoms with E-state index in [2.05, 4.69) is 25.5 Å². The number of amides is 1. The Hall–Kier alpha value is -3.52. The van der Waals surface area contributed by atoms with Crippen LogP contribution in [0.15, 0.2) is 65.7 Å². The van der Waals surface area contributed by atoms with Crippen molar-refractivity contribution in [2.45, 2.75) is 19.3 Å². The fourth-order valence-electron chi connectivity index (χ4n) is 3.41. The van der Waals surface area contributed by atoms with Crippen LogP contribution in [-0.4, -0.2) is 33.2 Å². The van der Waals surface area contributed by atoms with Crippen LogP contribution in [0.5, 0.6) is 5.88 Å². The third kappa shape index (κ3) is 5.35. The number of carbonyl (C=O) groups is 1. The second kappa shape index (κ2) is 9.99. The fraction of sp³-hybridized carbons (Fsp3) is 0.217. The smallest absolute Gasteiger partial charge is 0.237 e. The quantitative estimate of drug-likeness (QED) is 0.409. The zero-order valence-electron chi connectivity index (χ0n) is 17.1. The molecule has 0 aliphatic carbocycles. The summed E-state index contributed by atoms with van der Waals surface area (Å²) in [6, 6.07) is 13.7. The van der Waals surface area contributed by atoms with Crippen molar-refractivity contribution < 1.29 is 9.53 Å². The summed E-state index contributed by atoms with van der Waals surface area (Å²) in [5.74, 6) is 0.0835. The van der Waals surface area contributed by atoms with Crippen LogP contribution >= 0.6 is 11.3 Å². The molecule has 4 rings (SSSR count). The van der Waals surface area contributed by atoms with Crippen LogP contribution in [0.1, 0.15) is 17.7 Å². The summed E-state index contributed by atoms with van der Waals surface area (Å²) in [4.78, 5) is 22.0. The van der Waals surface area contributed by atoms with Gasteiger partial charge in [0.15, 0.2) is 0 Å². The van der Waals surface area contributed by atoms with Crippen LogP contribution in [0.4, 0.5) is 5.69 Å². The molecule has 158 valence electrons. The van der Waals surface area contributed by atoms with E-state index in [1.807, 2.05) is 53.4 Å². The standard InChI is InChI=1S/C23H23N5O2S/c1-30-23-21(12-18(13-24-23)20-9-10-26-28-20)27-22(29)17(7-8-19-14-31-15-25-19)11-16-5-3-2-4-6-16/h2-6,9-10,12-15,17H,7-8,11H2,1H3,(H,26,28)(H,27,29)/t17-/m0/s1. The molecule has 1 atom stereocenters. The van der Waals surface area contributed by atoms with Gasteiger partial charge in [0, 0.05) is 29.3 Å². The lowest BCUT2D eigenvalue weighted by Gasteiger charge is -2.18. The molecule has 0 unspecified atom stereocenters. The third-order valence-electron chi connectivity index (χ3n) is 5.04. The van der Waals surface area contributed by atoms with Crippen LogP contribution < -0.4 is 10.1 Å². The number of thiazole rings is 1. The number of pyridine rings is 1. The van der Waals surface area contributed by atoms with Gasteiger partial charge in [-0.2, -0.15) is 5.10 Å². The molecule has 0 aliphatic heterocycles. The van der Waals surface area contributed by atoms with Gasteiger partial charge in [-0.3, -0.25) is 9.89 Å². The zero-order valence-corrected chi connectivity index (χ0v) is 17.9. The summed E-state index contributed by atoms with van der Waals surface area (Å²) in [5.41, 5.74) is 6.12. The van der Waals surface area contributed by atoms with E-state index in [4.69, 9.17) is 4.74 Å². The minimum atomic E-state index is -0.218. The maximum absolute atomic E-state index is 13.3. The van der Waals surface area contributed by atoms with Crippen molar-refractivity contribution >= 4 is 22.9 Å². The van der Waals surface area contributed by atoms with E-state index in [1.165, 1.54) is 7.11 Å². The Kier molecular flexibility index (Phi) is 6.68. The molecule has 31 heavy (non-hydrogen) atoms. The molecule has 3 heterocycles. The van der Waals surface area contributed by atoms with E-state index in [9.17, 15) is 4.79 Å². The first-order valence-corrected chi connectivity index (χ1v) is 10.9. The molecule has 8 heteroatoms. The molecular formula is C23H23N5O2S. The number of hydrogen-bond donors (Lipinski definition) is 2. The SMILES string of the molecule is COc1ncc(-c2ccn[nH]2)cc1NC(=O)[C@@H](CCc1cscn1)Cc1ccccc1. The Morgan fingerprint density at radius 3 is 2.81 bits per heavy atom. The normalized spacial score (nSPS) is 11.8. The van der Waals surface area contributed by atoms with Gasteiger partial charge in [0.1, 0.15) is 5.69 Å².